The molecule has 1 saturated carbocycles. The highest BCUT2D eigenvalue weighted by Crippen LogP contribution is 2.38. The zero-order valence-electron chi connectivity index (χ0n) is 24.8. The molecule has 3 fully saturated rings. The van der Waals surface area contributed by atoms with E-state index in [1.807, 2.05) is 14.0 Å². The minimum absolute atomic E-state index is 0.167. The van der Waals surface area contributed by atoms with Crippen molar-refractivity contribution < 1.29 is 17.7 Å². The Kier molecular flexibility index (Phi) is 13.5. The summed E-state index contributed by atoms with van der Waals surface area (Å²) >= 11 is 0. The second-order valence-corrected chi connectivity index (χ2v) is 13.5. The number of nitrogens with zero attached hydrogens (tertiary/aromatic N) is 4. The van der Waals surface area contributed by atoms with E-state index < -0.39 is 16.6 Å². The summed E-state index contributed by atoms with van der Waals surface area (Å²) in [5.41, 5.74) is 2.65. The highest BCUT2D eigenvalue weighted by Gasteiger charge is 2.27. The third-order valence-corrected chi connectivity index (χ3v) is 9.65. The van der Waals surface area contributed by atoms with Crippen molar-refractivity contribution in [2.24, 2.45) is 16.8 Å². The molecule has 2 unspecified atom stereocenters. The van der Waals surface area contributed by atoms with Crippen molar-refractivity contribution in [2.45, 2.75) is 52.3 Å². The summed E-state index contributed by atoms with van der Waals surface area (Å²) in [5.74, 6) is 1.36. The lowest BCUT2D eigenvalue weighted by Gasteiger charge is -2.38. The second-order valence-electron chi connectivity index (χ2n) is 11.2. The lowest BCUT2D eigenvalue weighted by molar-refractivity contribution is -0.0892. The van der Waals surface area contributed by atoms with Gasteiger partial charge in [0.15, 0.2) is 0 Å². The Morgan fingerprint density at radius 3 is 2.15 bits per heavy atom. The van der Waals surface area contributed by atoms with Crippen molar-refractivity contribution in [3.8, 4) is 5.75 Å². The predicted octanol–water partition coefficient (Wildman–Crippen LogP) is 5.27. The molecule has 0 bridgehead atoms. The zero-order valence-corrected chi connectivity index (χ0v) is 26.8. The van der Waals surface area contributed by atoms with E-state index in [4.69, 9.17) is 0 Å². The molecule has 10 heteroatoms. The van der Waals surface area contributed by atoms with E-state index in [-0.39, 0.29) is 5.75 Å². The first-order valence-electron chi connectivity index (χ1n) is 14.7. The van der Waals surface area contributed by atoms with Crippen LogP contribution in [-0.2, 0) is 10.8 Å². The Bertz CT molecular complexity index is 974. The first-order chi connectivity index (χ1) is 19.1. The molecule has 6 nitrogen and oxygen atoms in total. The summed E-state index contributed by atoms with van der Waals surface area (Å²) in [4.78, 5) is 12.2. The van der Waals surface area contributed by atoms with Gasteiger partial charge in [-0.3, -0.25) is 14.1 Å². The highest BCUT2D eigenvalue weighted by atomic mass is 32.2. The van der Waals surface area contributed by atoms with Crippen molar-refractivity contribution >= 4 is 25.9 Å². The number of benzene rings is 1. The quantitative estimate of drug-likeness (QED) is 0.220. The molecule has 1 aromatic carbocycles. The molecule has 2 aliphatic heterocycles. The summed E-state index contributed by atoms with van der Waals surface area (Å²) in [7, 11) is 2.70. The molecule has 0 radical (unpaired) electrons. The summed E-state index contributed by atoms with van der Waals surface area (Å²) in [6, 6.07) is 6.44. The molecule has 0 aromatic heterocycles. The largest absolute Gasteiger partial charge is 0.430 e. The lowest BCUT2D eigenvalue weighted by atomic mass is 9.74. The van der Waals surface area contributed by atoms with Crippen molar-refractivity contribution in [3.63, 3.8) is 0 Å². The van der Waals surface area contributed by atoms with Gasteiger partial charge in [0.05, 0.1) is 0 Å². The normalized spacial score (nSPS) is 21.4. The number of aryl methyl sites for hydroxylation is 1. The van der Waals surface area contributed by atoms with Crippen LogP contribution in [0.1, 0.15) is 45.1 Å². The van der Waals surface area contributed by atoms with Crippen LogP contribution in [0.5, 0.6) is 5.75 Å². The number of aliphatic imine (C=N–C) groups is 1. The minimum atomic E-state index is -3.19. The van der Waals surface area contributed by atoms with Crippen LogP contribution in [0.4, 0.5) is 8.78 Å². The van der Waals surface area contributed by atoms with Crippen molar-refractivity contribution in [2.75, 3.05) is 70.9 Å². The van der Waals surface area contributed by atoms with Crippen LogP contribution >= 0.6 is 9.24 Å². The van der Waals surface area contributed by atoms with E-state index in [0.29, 0.717) is 5.92 Å². The van der Waals surface area contributed by atoms with Gasteiger partial charge in [-0.15, -0.1) is 0 Å². The predicted molar refractivity (Wildman–Crippen MR) is 167 cm³/mol. The van der Waals surface area contributed by atoms with Gasteiger partial charge in [-0.2, -0.15) is 8.78 Å². The first-order valence-corrected chi connectivity index (χ1v) is 16.8. The Balaban J connectivity index is 0.000000307. The molecule has 0 amide bonds. The Hall–Kier alpha value is -1.41. The minimum Gasteiger partial charge on any atom is -0.430 e. The van der Waals surface area contributed by atoms with Crippen LogP contribution in [0.2, 0.25) is 0 Å². The van der Waals surface area contributed by atoms with Crippen LogP contribution in [0.3, 0.4) is 0 Å². The van der Waals surface area contributed by atoms with Crippen molar-refractivity contribution in [1.29, 1.82) is 0 Å². The SMILES string of the molecule is CCC(C)/C(=C\C(=NC)N1CCN(CCN2CCS(=O)CC2)CC1)C1CCC1.Cc1ccc(OC(F)(F)P)cc1. The van der Waals surface area contributed by atoms with Gasteiger partial charge < -0.3 is 14.5 Å². The van der Waals surface area contributed by atoms with Crippen LogP contribution in [0, 0.1) is 18.8 Å². The van der Waals surface area contributed by atoms with E-state index in [2.05, 4.69) is 44.4 Å². The van der Waals surface area contributed by atoms with E-state index in [1.165, 1.54) is 52.9 Å². The number of ether oxygens (including phenoxy) is 1. The fraction of sp³-hybridized carbons (Fsp3) is 0.700. The van der Waals surface area contributed by atoms with Gasteiger partial charge in [0.2, 0.25) is 0 Å². The standard InChI is InChI=1S/C22H40N4OS.C8H9F2OP/c1-4-19(2)21(20-6-5-7-20)18-22(23-3)26-12-10-24(11-13-26)8-9-25-14-16-28(27)17-15-25;1-6-2-4-7(5-3-6)11-8(9,10)12/h18-20H,4-17H2,1-3H3;2-5H,12H2,1H3/b21-18+,23-22?;. The summed E-state index contributed by atoms with van der Waals surface area (Å²) in [5, 5.41) is 0. The third-order valence-electron chi connectivity index (χ3n) is 8.26. The van der Waals surface area contributed by atoms with Gasteiger partial charge in [-0.25, -0.2) is 0 Å². The fourth-order valence-electron chi connectivity index (χ4n) is 5.23. The average molecular weight is 599 g/mol. The fourth-order valence-corrected chi connectivity index (χ4v) is 6.50. The molecule has 2 heterocycles. The van der Waals surface area contributed by atoms with Gasteiger partial charge in [-0.1, -0.05) is 43.5 Å². The molecule has 2 atom stereocenters. The maximum absolute atomic E-state index is 12.2. The maximum Gasteiger partial charge on any atom is 0.408 e. The van der Waals surface area contributed by atoms with Crippen molar-refractivity contribution in [1.82, 2.24) is 14.7 Å². The smallest absolute Gasteiger partial charge is 0.408 e. The molecule has 0 spiro atoms. The highest BCUT2D eigenvalue weighted by molar-refractivity contribution is 7.85. The van der Waals surface area contributed by atoms with Crippen LogP contribution in [-0.4, -0.2) is 102 Å². The lowest BCUT2D eigenvalue weighted by Crippen LogP contribution is -2.51. The number of piperazine rings is 1. The number of hydrogen-bond acceptors (Lipinski definition) is 5. The van der Waals surface area contributed by atoms with Gasteiger partial charge >= 0.3 is 5.85 Å². The third kappa shape index (κ3) is 11.1. The first kappa shape index (κ1) is 33.1. The number of halogens is 2. The van der Waals surface area contributed by atoms with Crippen LogP contribution in [0.15, 0.2) is 40.9 Å². The number of rotatable bonds is 9. The molecule has 4 rings (SSSR count). The summed E-state index contributed by atoms with van der Waals surface area (Å²) < 4.78 is 40.3. The Labute approximate surface area is 245 Å². The van der Waals surface area contributed by atoms with Gasteiger partial charge in [0.25, 0.3) is 0 Å². The van der Waals surface area contributed by atoms with Gasteiger partial charge in [-0.05, 0) is 65.5 Å². The summed E-state index contributed by atoms with van der Waals surface area (Å²) in [6.45, 7) is 15.2. The second kappa shape index (κ2) is 16.3. The number of amidine groups is 1. The average Bonchev–Trinajstić information content (AvgIpc) is 2.90. The molecular formula is C30H49F2N4O2PS. The van der Waals surface area contributed by atoms with Gasteiger partial charge in [0, 0.05) is 81.7 Å². The van der Waals surface area contributed by atoms with Gasteiger partial charge in [0.1, 0.15) is 11.6 Å². The molecule has 40 heavy (non-hydrogen) atoms. The topological polar surface area (TPSA) is 48.4 Å². The van der Waals surface area contributed by atoms with Crippen LogP contribution < -0.4 is 4.74 Å². The molecule has 0 N–H and O–H groups in total. The van der Waals surface area contributed by atoms with E-state index >= 15 is 0 Å². The van der Waals surface area contributed by atoms with Crippen molar-refractivity contribution in [3.05, 3.63) is 41.5 Å². The number of hydrogen-bond donors (Lipinski definition) is 0. The number of allylic oxidation sites excluding steroid dienone is 1. The molecule has 3 aliphatic rings. The molecular weight excluding hydrogens is 549 g/mol. The summed E-state index contributed by atoms with van der Waals surface area (Å²) in [6.07, 6.45) is 7.78. The Morgan fingerprint density at radius 2 is 1.68 bits per heavy atom. The monoisotopic (exact) mass is 598 g/mol. The number of alkyl halides is 2. The molecule has 1 aromatic rings. The van der Waals surface area contributed by atoms with E-state index in [9.17, 15) is 13.0 Å². The van der Waals surface area contributed by atoms with Crippen LogP contribution in [0.25, 0.3) is 0 Å². The Morgan fingerprint density at radius 1 is 1.10 bits per heavy atom. The zero-order chi connectivity index (χ0) is 29.1. The van der Waals surface area contributed by atoms with E-state index in [1.54, 1.807) is 17.7 Å². The molecule has 1 aliphatic carbocycles. The maximum atomic E-state index is 12.2. The molecule has 226 valence electrons. The van der Waals surface area contributed by atoms with E-state index in [0.717, 1.165) is 75.3 Å². The molecule has 2 saturated heterocycles.